The molecule has 21 heavy (non-hydrogen) atoms. The predicted molar refractivity (Wildman–Crippen MR) is 83.7 cm³/mol. The van der Waals surface area contributed by atoms with E-state index in [0.29, 0.717) is 17.2 Å². The Balaban J connectivity index is 1.72. The van der Waals surface area contributed by atoms with Crippen molar-refractivity contribution >= 4 is 29.3 Å². The first-order chi connectivity index (χ1) is 10.1. The van der Waals surface area contributed by atoms with Gasteiger partial charge in [-0.25, -0.2) is 0 Å². The smallest absolute Gasteiger partial charge is 0.251 e. The van der Waals surface area contributed by atoms with Crippen molar-refractivity contribution in [1.82, 2.24) is 10.6 Å². The van der Waals surface area contributed by atoms with E-state index in [1.807, 2.05) is 12.1 Å². The minimum Gasteiger partial charge on any atom is -0.348 e. The van der Waals surface area contributed by atoms with E-state index < -0.39 is 0 Å². The molecule has 1 saturated heterocycles. The Labute approximate surface area is 128 Å². The molecule has 5 nitrogen and oxygen atoms in total. The zero-order valence-corrected chi connectivity index (χ0v) is 12.8. The van der Waals surface area contributed by atoms with E-state index in [1.54, 1.807) is 6.07 Å². The van der Waals surface area contributed by atoms with Crippen LogP contribution in [-0.2, 0) is 4.79 Å². The van der Waals surface area contributed by atoms with E-state index in [2.05, 4.69) is 22.9 Å². The number of carbonyl (C=O) groups is 2. The van der Waals surface area contributed by atoms with Gasteiger partial charge in [0.15, 0.2) is 0 Å². The zero-order chi connectivity index (χ0) is 14.8. The molecule has 112 valence electrons. The van der Waals surface area contributed by atoms with Crippen molar-refractivity contribution in [1.29, 1.82) is 0 Å². The maximum atomic E-state index is 12.4. The van der Waals surface area contributed by atoms with Crippen LogP contribution >= 0.6 is 11.8 Å². The molecule has 1 fully saturated rings. The van der Waals surface area contributed by atoms with Crippen LogP contribution in [0.25, 0.3) is 0 Å². The van der Waals surface area contributed by atoms with Gasteiger partial charge in [-0.05, 0) is 37.1 Å². The molecule has 0 aromatic heterocycles. The lowest BCUT2D eigenvalue weighted by atomic mass is 9.94. The highest BCUT2D eigenvalue weighted by atomic mass is 32.2. The van der Waals surface area contributed by atoms with E-state index >= 15 is 0 Å². The molecular weight excluding hydrogens is 286 g/mol. The van der Waals surface area contributed by atoms with Crippen LogP contribution in [0.3, 0.4) is 0 Å². The van der Waals surface area contributed by atoms with Gasteiger partial charge in [-0.2, -0.15) is 0 Å². The van der Waals surface area contributed by atoms with Crippen LogP contribution in [0.5, 0.6) is 0 Å². The third-order valence-corrected chi connectivity index (χ3v) is 5.09. The lowest BCUT2D eigenvalue weighted by Crippen LogP contribution is -2.50. The first-order valence-corrected chi connectivity index (χ1v) is 8.20. The van der Waals surface area contributed by atoms with Gasteiger partial charge in [-0.3, -0.25) is 9.59 Å². The van der Waals surface area contributed by atoms with E-state index in [0.717, 1.165) is 30.1 Å². The van der Waals surface area contributed by atoms with Crippen molar-refractivity contribution in [2.45, 2.75) is 24.3 Å². The minimum absolute atomic E-state index is 0.0184. The second-order valence-electron chi connectivity index (χ2n) is 5.60. The molecule has 3 rings (SSSR count). The summed E-state index contributed by atoms with van der Waals surface area (Å²) in [6.07, 6.45) is 1.07. The zero-order valence-electron chi connectivity index (χ0n) is 11.9. The van der Waals surface area contributed by atoms with Crippen LogP contribution in [0.1, 0.15) is 23.7 Å². The normalized spacial score (nSPS) is 24.9. The number of anilines is 1. The van der Waals surface area contributed by atoms with Gasteiger partial charge in [0.2, 0.25) is 5.91 Å². The van der Waals surface area contributed by atoms with Crippen LogP contribution in [-0.4, -0.2) is 36.7 Å². The summed E-state index contributed by atoms with van der Waals surface area (Å²) in [6.45, 7) is 3.98. The van der Waals surface area contributed by atoms with Gasteiger partial charge >= 0.3 is 0 Å². The number of hydrogen-bond donors (Lipinski definition) is 3. The molecule has 2 aliphatic heterocycles. The molecule has 2 amide bonds. The van der Waals surface area contributed by atoms with Crippen molar-refractivity contribution in [2.75, 3.05) is 24.2 Å². The van der Waals surface area contributed by atoms with Crippen molar-refractivity contribution in [2.24, 2.45) is 5.92 Å². The second-order valence-corrected chi connectivity index (χ2v) is 6.62. The first kappa shape index (κ1) is 14.4. The molecule has 2 aliphatic rings. The van der Waals surface area contributed by atoms with Crippen LogP contribution in [0.15, 0.2) is 23.1 Å². The Hall–Kier alpha value is -1.53. The number of rotatable bonds is 2. The largest absolute Gasteiger partial charge is 0.348 e. The van der Waals surface area contributed by atoms with E-state index in [-0.39, 0.29) is 17.9 Å². The molecular formula is C15H19N3O2S. The number of thioether (sulfide) groups is 1. The maximum Gasteiger partial charge on any atom is 0.251 e. The molecule has 1 aromatic rings. The summed E-state index contributed by atoms with van der Waals surface area (Å²) in [6, 6.07) is 5.64. The van der Waals surface area contributed by atoms with Gasteiger partial charge in [-0.15, -0.1) is 11.8 Å². The van der Waals surface area contributed by atoms with Crippen LogP contribution in [0.2, 0.25) is 0 Å². The molecule has 2 heterocycles. The number of benzene rings is 1. The molecule has 1 aromatic carbocycles. The van der Waals surface area contributed by atoms with Gasteiger partial charge < -0.3 is 16.0 Å². The highest BCUT2D eigenvalue weighted by Gasteiger charge is 2.24. The van der Waals surface area contributed by atoms with Crippen LogP contribution in [0, 0.1) is 5.92 Å². The van der Waals surface area contributed by atoms with Gasteiger partial charge in [0, 0.05) is 23.0 Å². The topological polar surface area (TPSA) is 70.2 Å². The first-order valence-electron chi connectivity index (χ1n) is 7.22. The Morgan fingerprint density at radius 1 is 1.43 bits per heavy atom. The summed E-state index contributed by atoms with van der Waals surface area (Å²) < 4.78 is 0. The van der Waals surface area contributed by atoms with E-state index in [1.165, 1.54) is 11.8 Å². The Morgan fingerprint density at radius 3 is 3.10 bits per heavy atom. The summed E-state index contributed by atoms with van der Waals surface area (Å²) in [7, 11) is 0. The minimum atomic E-state index is -0.0804. The van der Waals surface area contributed by atoms with Crippen LogP contribution < -0.4 is 16.0 Å². The summed E-state index contributed by atoms with van der Waals surface area (Å²) in [5.41, 5.74) is 1.33. The summed E-state index contributed by atoms with van der Waals surface area (Å²) >= 11 is 1.50. The number of nitrogens with one attached hydrogen (secondary N) is 3. The molecule has 0 saturated carbocycles. The second kappa shape index (κ2) is 6.07. The molecule has 0 bridgehead atoms. The average Bonchev–Trinajstić information content (AvgIpc) is 2.48. The number of piperidine rings is 1. The van der Waals surface area contributed by atoms with Crippen molar-refractivity contribution in [3.63, 3.8) is 0 Å². The molecule has 6 heteroatoms. The molecule has 0 spiro atoms. The monoisotopic (exact) mass is 305 g/mol. The van der Waals surface area contributed by atoms with Gasteiger partial charge in [0.05, 0.1) is 11.4 Å². The average molecular weight is 305 g/mol. The molecule has 2 unspecified atom stereocenters. The van der Waals surface area contributed by atoms with Gasteiger partial charge in [0.25, 0.3) is 5.91 Å². The fourth-order valence-corrected chi connectivity index (χ4v) is 3.45. The number of hydrogen-bond acceptors (Lipinski definition) is 4. The molecule has 0 aliphatic carbocycles. The highest BCUT2D eigenvalue weighted by molar-refractivity contribution is 8.00. The number of fused-ring (bicyclic) bond motifs is 1. The number of carbonyl (C=O) groups excluding carboxylic acids is 2. The molecule has 2 atom stereocenters. The molecule has 0 radical (unpaired) electrons. The lowest BCUT2D eigenvalue weighted by Gasteiger charge is -2.30. The fourth-order valence-electron chi connectivity index (χ4n) is 2.66. The highest BCUT2D eigenvalue weighted by Crippen LogP contribution is 2.32. The van der Waals surface area contributed by atoms with Crippen molar-refractivity contribution < 1.29 is 9.59 Å². The SMILES string of the molecule is CC1CCNCC1NC(=O)c1ccc2c(c1)NC(=O)CS2. The van der Waals surface area contributed by atoms with E-state index in [9.17, 15) is 9.59 Å². The van der Waals surface area contributed by atoms with Crippen molar-refractivity contribution in [3.05, 3.63) is 23.8 Å². The summed E-state index contributed by atoms with van der Waals surface area (Å²) in [4.78, 5) is 24.8. The summed E-state index contributed by atoms with van der Waals surface area (Å²) in [5.74, 6) is 0.811. The lowest BCUT2D eigenvalue weighted by molar-refractivity contribution is -0.113. The molecule has 3 N–H and O–H groups in total. The Morgan fingerprint density at radius 2 is 2.29 bits per heavy atom. The quantitative estimate of drug-likeness (QED) is 0.773. The van der Waals surface area contributed by atoms with Crippen LogP contribution in [0.4, 0.5) is 5.69 Å². The Bertz CT molecular complexity index is 576. The Kier molecular flexibility index (Phi) is 4.17. The summed E-state index contributed by atoms with van der Waals surface area (Å²) in [5, 5.41) is 9.20. The standard InChI is InChI=1S/C15H19N3O2S/c1-9-4-5-16-7-12(9)18-15(20)10-2-3-13-11(6-10)17-14(19)8-21-13/h2-3,6,9,12,16H,4-5,7-8H2,1H3,(H,17,19)(H,18,20). The predicted octanol–water partition coefficient (Wildman–Crippen LogP) is 1.46. The van der Waals surface area contributed by atoms with Gasteiger partial charge in [0.1, 0.15) is 0 Å². The fraction of sp³-hybridized carbons (Fsp3) is 0.467. The van der Waals surface area contributed by atoms with Gasteiger partial charge in [-0.1, -0.05) is 6.92 Å². The third-order valence-electron chi connectivity index (χ3n) is 4.02. The van der Waals surface area contributed by atoms with E-state index in [4.69, 9.17) is 0 Å². The third kappa shape index (κ3) is 3.22. The van der Waals surface area contributed by atoms with Crippen molar-refractivity contribution in [3.8, 4) is 0 Å². The number of amides is 2. The maximum absolute atomic E-state index is 12.4.